The fraction of sp³-hybridized carbons (Fsp3) is 0.500. The standard InChI is InChI=1S/C16H18F2I3NO6S/c17-16(18,29(25,26)27)9-28-13(23)5-3-1-2-4-6-22-15(24)11-7-10(19)8-12(20)14(11)21/h7-8H,1-6,9H2,(H,22,24)(H,25,26,27). The summed E-state index contributed by atoms with van der Waals surface area (Å²) in [5.41, 5.74) is 0.617. The van der Waals surface area contributed by atoms with E-state index in [1.54, 1.807) is 0 Å². The van der Waals surface area contributed by atoms with Crippen LogP contribution in [0, 0.1) is 10.7 Å². The third-order valence-electron chi connectivity index (χ3n) is 3.61. The molecule has 1 amide bonds. The molecule has 1 aromatic carbocycles. The zero-order chi connectivity index (χ0) is 22.2. The number of rotatable bonds is 11. The number of carbonyl (C=O) groups is 2. The summed E-state index contributed by atoms with van der Waals surface area (Å²) in [5.74, 6) is -1.13. The van der Waals surface area contributed by atoms with E-state index in [4.69, 9.17) is 4.55 Å². The van der Waals surface area contributed by atoms with Crippen LogP contribution in [0.3, 0.4) is 0 Å². The molecule has 1 rings (SSSR count). The van der Waals surface area contributed by atoms with Crippen LogP contribution >= 0.6 is 67.8 Å². The predicted octanol–water partition coefficient (Wildman–Crippen LogP) is 4.20. The van der Waals surface area contributed by atoms with Crippen molar-refractivity contribution in [2.24, 2.45) is 0 Å². The summed E-state index contributed by atoms with van der Waals surface area (Å²) < 4.78 is 62.0. The zero-order valence-electron chi connectivity index (χ0n) is 14.9. The number of hydrogen-bond acceptors (Lipinski definition) is 5. The van der Waals surface area contributed by atoms with Gasteiger partial charge in [-0.25, -0.2) is 0 Å². The minimum Gasteiger partial charge on any atom is -0.458 e. The number of hydrogen-bond donors (Lipinski definition) is 2. The van der Waals surface area contributed by atoms with Crippen molar-refractivity contribution in [2.45, 2.75) is 37.4 Å². The van der Waals surface area contributed by atoms with E-state index in [-0.39, 0.29) is 12.3 Å². The van der Waals surface area contributed by atoms with E-state index in [0.29, 0.717) is 37.8 Å². The number of alkyl halides is 2. The predicted molar refractivity (Wildman–Crippen MR) is 127 cm³/mol. The number of nitrogens with one attached hydrogen (secondary N) is 1. The van der Waals surface area contributed by atoms with Crippen molar-refractivity contribution in [2.75, 3.05) is 13.2 Å². The first-order chi connectivity index (χ1) is 13.3. The summed E-state index contributed by atoms with van der Waals surface area (Å²) in [6, 6.07) is 3.80. The number of ether oxygens (including phenoxy) is 1. The summed E-state index contributed by atoms with van der Waals surface area (Å²) >= 11 is 6.45. The highest BCUT2D eigenvalue weighted by molar-refractivity contribution is 14.1. The lowest BCUT2D eigenvalue weighted by Crippen LogP contribution is -2.34. The van der Waals surface area contributed by atoms with Gasteiger partial charge in [-0.1, -0.05) is 12.8 Å². The molecule has 0 heterocycles. The highest BCUT2D eigenvalue weighted by Crippen LogP contribution is 2.23. The molecule has 0 atom stereocenters. The van der Waals surface area contributed by atoms with Gasteiger partial charge in [0.15, 0.2) is 6.61 Å². The van der Waals surface area contributed by atoms with Crippen molar-refractivity contribution >= 4 is 89.8 Å². The van der Waals surface area contributed by atoms with E-state index < -0.39 is 27.9 Å². The lowest BCUT2D eigenvalue weighted by Gasteiger charge is -2.12. The largest absolute Gasteiger partial charge is 0.458 e. The monoisotopic (exact) mass is 771 g/mol. The summed E-state index contributed by atoms with van der Waals surface area (Å²) in [6.07, 6.45) is 2.22. The first-order valence-electron chi connectivity index (χ1n) is 8.28. The second-order valence-corrected chi connectivity index (χ2v) is 11.0. The summed E-state index contributed by atoms with van der Waals surface area (Å²) in [6.45, 7) is -1.26. The Morgan fingerprint density at radius 1 is 1.10 bits per heavy atom. The smallest absolute Gasteiger partial charge is 0.402 e. The average molecular weight is 771 g/mol. The van der Waals surface area contributed by atoms with E-state index in [2.05, 4.69) is 77.8 Å². The molecule has 0 spiro atoms. The van der Waals surface area contributed by atoms with Crippen LogP contribution in [0.4, 0.5) is 8.78 Å². The second kappa shape index (κ2) is 12.2. The molecule has 13 heteroatoms. The van der Waals surface area contributed by atoms with Gasteiger partial charge in [-0.2, -0.15) is 17.2 Å². The third kappa shape index (κ3) is 9.42. The number of amides is 1. The lowest BCUT2D eigenvalue weighted by molar-refractivity contribution is -0.149. The van der Waals surface area contributed by atoms with Crippen LogP contribution in [0.1, 0.15) is 42.5 Å². The molecule has 1 aromatic rings. The zero-order valence-corrected chi connectivity index (χ0v) is 22.2. The SMILES string of the molecule is O=C(CCCCCCNC(=O)c1cc(I)cc(I)c1I)OCC(F)(F)S(=O)(=O)O. The maximum Gasteiger partial charge on any atom is 0.402 e. The molecule has 0 aliphatic carbocycles. The molecule has 0 aliphatic rings. The van der Waals surface area contributed by atoms with Gasteiger partial charge in [0, 0.05) is 23.7 Å². The summed E-state index contributed by atoms with van der Waals surface area (Å²) in [7, 11) is -5.61. The molecule has 0 aliphatic heterocycles. The van der Waals surface area contributed by atoms with Gasteiger partial charge < -0.3 is 10.1 Å². The van der Waals surface area contributed by atoms with Crippen LogP contribution in [-0.2, 0) is 19.6 Å². The molecule has 0 radical (unpaired) electrons. The second-order valence-electron chi connectivity index (χ2n) is 5.94. The van der Waals surface area contributed by atoms with Crippen LogP contribution in [0.25, 0.3) is 0 Å². The molecular weight excluding hydrogens is 753 g/mol. The Kier molecular flexibility index (Phi) is 11.5. The Balaban J connectivity index is 2.22. The maximum atomic E-state index is 12.9. The van der Waals surface area contributed by atoms with E-state index >= 15 is 0 Å². The molecule has 164 valence electrons. The number of benzene rings is 1. The topological polar surface area (TPSA) is 110 Å². The molecule has 0 bridgehead atoms. The lowest BCUT2D eigenvalue weighted by atomic mass is 10.1. The Bertz CT molecular complexity index is 851. The number of carbonyl (C=O) groups excluding carboxylic acids is 2. The summed E-state index contributed by atoms with van der Waals surface area (Å²) in [4.78, 5) is 23.6. The van der Waals surface area contributed by atoms with E-state index in [0.717, 1.165) is 10.7 Å². The minimum atomic E-state index is -5.61. The molecule has 0 saturated heterocycles. The van der Waals surface area contributed by atoms with Crippen LogP contribution in [0.2, 0.25) is 0 Å². The molecule has 2 N–H and O–H groups in total. The van der Waals surface area contributed by atoms with E-state index in [1.165, 1.54) is 0 Å². The Labute approximate surface area is 208 Å². The Hall–Kier alpha value is 0.120. The average Bonchev–Trinajstić information content (AvgIpc) is 2.61. The minimum absolute atomic E-state index is 0.146. The quantitative estimate of drug-likeness (QED) is 0.115. The highest BCUT2D eigenvalue weighted by Gasteiger charge is 2.45. The number of unbranched alkanes of at least 4 members (excludes halogenated alkanes) is 3. The van der Waals surface area contributed by atoms with E-state index in [1.807, 2.05) is 12.1 Å². The first-order valence-corrected chi connectivity index (χ1v) is 13.0. The molecule has 0 saturated carbocycles. The maximum absolute atomic E-state index is 12.9. The molecule has 0 aromatic heterocycles. The molecular formula is C16H18F2I3NO6S. The Morgan fingerprint density at radius 2 is 1.72 bits per heavy atom. The third-order valence-corrected chi connectivity index (χ3v) is 8.15. The van der Waals surface area contributed by atoms with Crippen molar-refractivity contribution < 1.29 is 36.1 Å². The first kappa shape index (κ1) is 27.2. The van der Waals surface area contributed by atoms with Crippen molar-refractivity contribution in [3.05, 3.63) is 28.4 Å². The van der Waals surface area contributed by atoms with Crippen LogP contribution < -0.4 is 5.32 Å². The summed E-state index contributed by atoms with van der Waals surface area (Å²) in [5, 5.41) is -1.68. The van der Waals surface area contributed by atoms with Gasteiger partial charge in [-0.15, -0.1) is 0 Å². The highest BCUT2D eigenvalue weighted by atomic mass is 127. The van der Waals surface area contributed by atoms with Crippen LogP contribution in [0.15, 0.2) is 12.1 Å². The fourth-order valence-corrected chi connectivity index (χ4v) is 4.69. The fourth-order valence-electron chi connectivity index (χ4n) is 2.08. The van der Waals surface area contributed by atoms with Gasteiger partial charge in [0.05, 0.1) is 5.56 Å². The van der Waals surface area contributed by atoms with Gasteiger partial charge in [-0.3, -0.25) is 14.1 Å². The van der Waals surface area contributed by atoms with Gasteiger partial charge >= 0.3 is 21.3 Å². The van der Waals surface area contributed by atoms with Crippen molar-refractivity contribution in [3.8, 4) is 0 Å². The molecule has 29 heavy (non-hydrogen) atoms. The van der Waals surface area contributed by atoms with Gasteiger partial charge in [0.1, 0.15) is 0 Å². The Morgan fingerprint density at radius 3 is 2.34 bits per heavy atom. The molecule has 7 nitrogen and oxygen atoms in total. The normalized spacial score (nSPS) is 11.9. The van der Waals surface area contributed by atoms with Crippen LogP contribution in [-0.4, -0.2) is 43.3 Å². The van der Waals surface area contributed by atoms with Gasteiger partial charge in [0.2, 0.25) is 0 Å². The van der Waals surface area contributed by atoms with Crippen molar-refractivity contribution in [1.29, 1.82) is 0 Å². The molecule has 0 fully saturated rings. The van der Waals surface area contributed by atoms with E-state index in [9.17, 15) is 26.8 Å². The van der Waals surface area contributed by atoms with Gasteiger partial charge in [0.25, 0.3) is 5.91 Å². The van der Waals surface area contributed by atoms with Crippen molar-refractivity contribution in [1.82, 2.24) is 5.32 Å². The van der Waals surface area contributed by atoms with Crippen molar-refractivity contribution in [3.63, 3.8) is 0 Å². The molecule has 0 unspecified atom stereocenters. The van der Waals surface area contributed by atoms with Crippen LogP contribution in [0.5, 0.6) is 0 Å². The number of esters is 1. The number of halogens is 5. The van der Waals surface area contributed by atoms with Gasteiger partial charge in [-0.05, 0) is 92.7 Å².